The van der Waals surface area contributed by atoms with Crippen molar-refractivity contribution in [2.45, 2.75) is 26.4 Å². The molecule has 0 radical (unpaired) electrons. The number of nitrogens with one attached hydrogen (secondary N) is 2. The lowest BCUT2D eigenvalue weighted by atomic mass is 10.2. The molecule has 0 spiro atoms. The van der Waals surface area contributed by atoms with E-state index in [0.29, 0.717) is 37.5 Å². The van der Waals surface area contributed by atoms with Crippen LogP contribution in [-0.2, 0) is 4.74 Å². The third kappa shape index (κ3) is 5.28. The van der Waals surface area contributed by atoms with E-state index in [0.717, 1.165) is 5.69 Å². The average molecular weight is 488 g/mol. The van der Waals surface area contributed by atoms with Crippen LogP contribution in [0.25, 0.3) is 5.65 Å². The molecule has 0 aromatic carbocycles. The molecule has 3 aromatic heterocycles. The number of amides is 2. The van der Waals surface area contributed by atoms with Crippen LogP contribution in [0.15, 0.2) is 24.4 Å². The van der Waals surface area contributed by atoms with Crippen LogP contribution in [0.1, 0.15) is 31.3 Å². The second kappa shape index (κ2) is 9.29. The van der Waals surface area contributed by atoms with Gasteiger partial charge in [0, 0.05) is 39.3 Å². The summed E-state index contributed by atoms with van der Waals surface area (Å²) in [5.41, 5.74) is 1.47. The number of pyridine rings is 1. The van der Waals surface area contributed by atoms with Crippen molar-refractivity contribution in [1.82, 2.24) is 35.0 Å². The summed E-state index contributed by atoms with van der Waals surface area (Å²) in [7, 11) is 1.50. The smallest absolute Gasteiger partial charge is 0.410 e. The molecule has 1 saturated heterocycles. The van der Waals surface area contributed by atoms with Crippen LogP contribution in [0.5, 0.6) is 0 Å². The largest absolute Gasteiger partial charge is 0.444 e. The van der Waals surface area contributed by atoms with Crippen LogP contribution in [0.4, 0.5) is 22.1 Å². The van der Waals surface area contributed by atoms with Gasteiger partial charge in [0.1, 0.15) is 5.60 Å². The van der Waals surface area contributed by atoms with E-state index in [4.69, 9.17) is 16.3 Å². The molecule has 3 aromatic rings. The second-order valence-corrected chi connectivity index (χ2v) is 9.10. The lowest BCUT2D eigenvalue weighted by Crippen LogP contribution is -2.50. The van der Waals surface area contributed by atoms with E-state index in [9.17, 15) is 9.59 Å². The maximum absolute atomic E-state index is 12.3. The number of carbonyl (C=O) groups is 2. The minimum Gasteiger partial charge on any atom is -0.444 e. The Morgan fingerprint density at radius 3 is 2.53 bits per heavy atom. The van der Waals surface area contributed by atoms with Crippen molar-refractivity contribution in [3.8, 4) is 0 Å². The van der Waals surface area contributed by atoms with Crippen LogP contribution in [0.2, 0.25) is 5.15 Å². The Hall–Kier alpha value is -3.67. The number of anilines is 3. The molecule has 4 rings (SSSR count). The van der Waals surface area contributed by atoms with E-state index in [1.165, 1.54) is 13.1 Å². The zero-order chi connectivity index (χ0) is 24.5. The predicted octanol–water partition coefficient (Wildman–Crippen LogP) is 2.33. The first-order chi connectivity index (χ1) is 16.1. The lowest BCUT2D eigenvalue weighted by Gasteiger charge is -2.36. The quantitative estimate of drug-likeness (QED) is 0.569. The fourth-order valence-corrected chi connectivity index (χ4v) is 3.60. The van der Waals surface area contributed by atoms with Crippen molar-refractivity contribution in [2.24, 2.45) is 0 Å². The van der Waals surface area contributed by atoms with Gasteiger partial charge in [-0.1, -0.05) is 11.6 Å². The van der Waals surface area contributed by atoms with Crippen LogP contribution in [0, 0.1) is 0 Å². The van der Waals surface area contributed by atoms with Crippen molar-refractivity contribution in [2.75, 3.05) is 43.4 Å². The predicted molar refractivity (Wildman–Crippen MR) is 127 cm³/mol. The lowest BCUT2D eigenvalue weighted by molar-refractivity contribution is 0.0240. The molecule has 13 heteroatoms. The Morgan fingerprint density at radius 2 is 1.85 bits per heavy atom. The number of halogens is 1. The van der Waals surface area contributed by atoms with Crippen LogP contribution in [-0.4, -0.2) is 80.5 Å². The van der Waals surface area contributed by atoms with E-state index >= 15 is 0 Å². The summed E-state index contributed by atoms with van der Waals surface area (Å²) in [5.74, 6) is -0.135. The maximum Gasteiger partial charge on any atom is 0.410 e. The zero-order valence-corrected chi connectivity index (χ0v) is 20.1. The number of fused-ring (bicyclic) bond motifs is 1. The molecule has 0 unspecified atom stereocenters. The molecular formula is C21H26ClN9O3. The Labute approximate surface area is 201 Å². The number of rotatable bonds is 4. The van der Waals surface area contributed by atoms with Gasteiger partial charge in [-0.15, -0.1) is 15.3 Å². The normalized spacial score (nSPS) is 14.3. The van der Waals surface area contributed by atoms with Gasteiger partial charge in [0.15, 0.2) is 16.5 Å². The summed E-state index contributed by atoms with van der Waals surface area (Å²) >= 11 is 5.95. The number of piperazine rings is 1. The SMILES string of the molecule is CNC(=O)c1nnc(Cl)cc1Nc1nc2ccc(N3CCN(C(=O)OC(C)(C)C)CC3)cn2n1. The molecule has 34 heavy (non-hydrogen) atoms. The van der Waals surface area contributed by atoms with Crippen molar-refractivity contribution < 1.29 is 14.3 Å². The number of ether oxygens (including phenoxy) is 1. The Balaban J connectivity index is 1.47. The third-order valence-corrected chi connectivity index (χ3v) is 5.25. The van der Waals surface area contributed by atoms with Crippen LogP contribution >= 0.6 is 11.6 Å². The van der Waals surface area contributed by atoms with Crippen LogP contribution in [0.3, 0.4) is 0 Å². The molecule has 0 saturated carbocycles. The van der Waals surface area contributed by atoms with Gasteiger partial charge in [0.25, 0.3) is 5.91 Å². The minimum atomic E-state index is -0.517. The van der Waals surface area contributed by atoms with E-state index in [1.54, 1.807) is 9.42 Å². The molecule has 1 fully saturated rings. The molecule has 2 amide bonds. The number of nitrogens with zero attached hydrogens (tertiary/aromatic N) is 7. The summed E-state index contributed by atoms with van der Waals surface area (Å²) in [6.07, 6.45) is 1.57. The molecule has 0 aliphatic carbocycles. The van der Waals surface area contributed by atoms with Gasteiger partial charge in [-0.2, -0.15) is 4.98 Å². The zero-order valence-electron chi connectivity index (χ0n) is 19.4. The molecule has 1 aliphatic heterocycles. The Morgan fingerprint density at radius 1 is 1.12 bits per heavy atom. The van der Waals surface area contributed by atoms with E-state index < -0.39 is 11.5 Å². The Bertz CT molecular complexity index is 1220. The first-order valence-electron chi connectivity index (χ1n) is 10.7. The highest BCUT2D eigenvalue weighted by Gasteiger charge is 2.26. The van der Waals surface area contributed by atoms with Crippen molar-refractivity contribution in [1.29, 1.82) is 0 Å². The summed E-state index contributed by atoms with van der Waals surface area (Å²) in [5, 5.41) is 17.7. The summed E-state index contributed by atoms with van der Waals surface area (Å²) in [4.78, 5) is 32.7. The molecule has 0 bridgehead atoms. The van der Waals surface area contributed by atoms with Gasteiger partial charge >= 0.3 is 6.09 Å². The van der Waals surface area contributed by atoms with Crippen molar-refractivity contribution in [3.63, 3.8) is 0 Å². The third-order valence-electron chi connectivity index (χ3n) is 5.06. The highest BCUT2D eigenvalue weighted by Crippen LogP contribution is 2.22. The Kier molecular flexibility index (Phi) is 6.42. The van der Waals surface area contributed by atoms with Gasteiger partial charge in [-0.25, -0.2) is 9.31 Å². The molecule has 2 N–H and O–H groups in total. The van der Waals surface area contributed by atoms with Gasteiger partial charge < -0.3 is 25.2 Å². The van der Waals surface area contributed by atoms with E-state index in [2.05, 4.69) is 35.8 Å². The van der Waals surface area contributed by atoms with E-state index in [-0.39, 0.29) is 22.9 Å². The number of carbonyl (C=O) groups excluding carboxylic acids is 2. The maximum atomic E-state index is 12.3. The van der Waals surface area contributed by atoms with Crippen molar-refractivity contribution >= 4 is 46.6 Å². The number of hydrogen-bond donors (Lipinski definition) is 2. The fourth-order valence-electron chi connectivity index (χ4n) is 3.46. The monoisotopic (exact) mass is 487 g/mol. The van der Waals surface area contributed by atoms with Gasteiger partial charge in [-0.05, 0) is 32.9 Å². The average Bonchev–Trinajstić information content (AvgIpc) is 3.19. The first kappa shape index (κ1) is 23.5. The molecule has 12 nitrogen and oxygen atoms in total. The van der Waals surface area contributed by atoms with Gasteiger partial charge in [-0.3, -0.25) is 4.79 Å². The minimum absolute atomic E-state index is 0.0781. The number of hydrogen-bond acceptors (Lipinski definition) is 9. The van der Waals surface area contributed by atoms with E-state index in [1.807, 2.05) is 39.1 Å². The summed E-state index contributed by atoms with van der Waals surface area (Å²) < 4.78 is 7.11. The van der Waals surface area contributed by atoms with Gasteiger partial charge in [0.05, 0.1) is 17.6 Å². The van der Waals surface area contributed by atoms with Crippen LogP contribution < -0.4 is 15.5 Å². The second-order valence-electron chi connectivity index (χ2n) is 8.71. The molecule has 180 valence electrons. The molecule has 4 heterocycles. The first-order valence-corrected chi connectivity index (χ1v) is 11.1. The highest BCUT2D eigenvalue weighted by atomic mass is 35.5. The molecular weight excluding hydrogens is 462 g/mol. The summed E-state index contributed by atoms with van der Waals surface area (Å²) in [6.45, 7) is 8.04. The standard InChI is InChI=1S/C21H26ClN9O3/c1-21(2,3)34-20(33)30-9-7-29(8-10-30)13-5-6-16-25-19(28-31(16)12-13)24-14-11-15(22)26-27-17(14)18(32)23-4/h5-6,11-12H,7-10H2,1-4H3,(H,23,32)(H,24,26,28). The fraction of sp³-hybridized carbons (Fsp3) is 0.429. The molecule has 0 atom stereocenters. The highest BCUT2D eigenvalue weighted by molar-refractivity contribution is 6.29. The topological polar surface area (TPSA) is 130 Å². The molecule has 1 aliphatic rings. The van der Waals surface area contributed by atoms with Gasteiger partial charge in [0.2, 0.25) is 5.95 Å². The van der Waals surface area contributed by atoms with Crippen molar-refractivity contribution in [3.05, 3.63) is 35.2 Å². The summed E-state index contributed by atoms with van der Waals surface area (Å²) in [6, 6.07) is 5.29. The number of aromatic nitrogens is 5.